The molecule has 4 nitrogen and oxygen atoms in total. The fourth-order valence-corrected chi connectivity index (χ4v) is 1.47. The topological polar surface area (TPSA) is 69.2 Å². The number of para-hydroxylation sites is 1. The summed E-state index contributed by atoms with van der Waals surface area (Å²) in [6.45, 7) is 1.70. The highest BCUT2D eigenvalue weighted by molar-refractivity contribution is 7.80. The molecule has 74 valence electrons. The number of nitrogens with two attached hydrogens (primary N) is 1. The zero-order valence-electron chi connectivity index (χ0n) is 7.69. The Labute approximate surface area is 86.9 Å². The minimum Gasteiger partial charge on any atom is -0.393 e. The van der Waals surface area contributed by atoms with Gasteiger partial charge in [0.25, 0.3) is 5.69 Å². The van der Waals surface area contributed by atoms with Crippen molar-refractivity contribution < 1.29 is 4.92 Å². The third kappa shape index (κ3) is 2.26. The standard InChI is InChI=1S/C9H10N2O2S/c1-6-3-2-4-7(5-8(10)14)9(6)11(12)13/h2-4H,5H2,1H3,(H2,10,14). The van der Waals surface area contributed by atoms with Crippen molar-refractivity contribution in [1.82, 2.24) is 0 Å². The van der Waals surface area contributed by atoms with Crippen molar-refractivity contribution in [2.75, 3.05) is 0 Å². The van der Waals surface area contributed by atoms with Gasteiger partial charge in [0.15, 0.2) is 0 Å². The number of nitro benzene ring substituents is 1. The third-order valence-corrected chi connectivity index (χ3v) is 2.01. The van der Waals surface area contributed by atoms with Crippen molar-refractivity contribution in [3.05, 3.63) is 39.4 Å². The van der Waals surface area contributed by atoms with Crippen LogP contribution >= 0.6 is 12.2 Å². The molecule has 14 heavy (non-hydrogen) atoms. The highest BCUT2D eigenvalue weighted by atomic mass is 32.1. The van der Waals surface area contributed by atoms with Crippen LogP contribution in [0.2, 0.25) is 0 Å². The Morgan fingerprint density at radius 3 is 2.79 bits per heavy atom. The van der Waals surface area contributed by atoms with Crippen LogP contribution in [-0.2, 0) is 6.42 Å². The van der Waals surface area contributed by atoms with Gasteiger partial charge in [0, 0.05) is 17.5 Å². The van der Waals surface area contributed by atoms with Crippen LogP contribution in [0.3, 0.4) is 0 Å². The fourth-order valence-electron chi connectivity index (χ4n) is 1.31. The summed E-state index contributed by atoms with van der Waals surface area (Å²) >= 11 is 4.72. The highest BCUT2D eigenvalue weighted by Crippen LogP contribution is 2.23. The summed E-state index contributed by atoms with van der Waals surface area (Å²) in [7, 11) is 0. The molecule has 1 rings (SSSR count). The quantitative estimate of drug-likeness (QED) is 0.468. The molecule has 1 aromatic carbocycles. The Balaban J connectivity index is 3.21. The molecule has 0 fully saturated rings. The summed E-state index contributed by atoms with van der Waals surface area (Å²) in [4.78, 5) is 10.6. The number of hydrogen-bond donors (Lipinski definition) is 1. The van der Waals surface area contributed by atoms with E-state index in [2.05, 4.69) is 0 Å². The van der Waals surface area contributed by atoms with Crippen LogP contribution in [0.25, 0.3) is 0 Å². The van der Waals surface area contributed by atoms with Crippen LogP contribution in [0.1, 0.15) is 11.1 Å². The van der Waals surface area contributed by atoms with Gasteiger partial charge in [0.1, 0.15) is 0 Å². The predicted molar refractivity (Wildman–Crippen MR) is 58.3 cm³/mol. The minimum atomic E-state index is -0.400. The first-order chi connectivity index (χ1) is 6.52. The smallest absolute Gasteiger partial charge is 0.275 e. The van der Waals surface area contributed by atoms with Crippen molar-refractivity contribution in [2.45, 2.75) is 13.3 Å². The Bertz CT molecular complexity index is 390. The van der Waals surface area contributed by atoms with Gasteiger partial charge in [-0.1, -0.05) is 30.4 Å². The molecule has 0 aliphatic heterocycles. The van der Waals surface area contributed by atoms with E-state index in [1.54, 1.807) is 25.1 Å². The average molecular weight is 210 g/mol. The maximum Gasteiger partial charge on any atom is 0.275 e. The van der Waals surface area contributed by atoms with Crippen LogP contribution in [0.4, 0.5) is 5.69 Å². The van der Waals surface area contributed by atoms with Gasteiger partial charge < -0.3 is 5.73 Å². The molecule has 0 saturated heterocycles. The summed E-state index contributed by atoms with van der Waals surface area (Å²) in [5.41, 5.74) is 6.66. The molecule has 0 aliphatic rings. The van der Waals surface area contributed by atoms with Crippen LogP contribution < -0.4 is 5.73 Å². The SMILES string of the molecule is Cc1cccc(CC(N)=S)c1[N+](=O)[O-]. The lowest BCUT2D eigenvalue weighted by Crippen LogP contribution is -2.12. The second-order valence-electron chi connectivity index (χ2n) is 2.98. The monoisotopic (exact) mass is 210 g/mol. The molecule has 0 heterocycles. The van der Waals surface area contributed by atoms with E-state index in [1.807, 2.05) is 0 Å². The van der Waals surface area contributed by atoms with E-state index in [0.717, 1.165) is 0 Å². The number of benzene rings is 1. The summed E-state index contributed by atoms with van der Waals surface area (Å²) in [6.07, 6.45) is 0.271. The molecule has 0 spiro atoms. The Kier molecular flexibility index (Phi) is 3.14. The molecule has 1 aromatic rings. The zero-order valence-corrected chi connectivity index (χ0v) is 8.50. The van der Waals surface area contributed by atoms with Gasteiger partial charge in [-0.25, -0.2) is 0 Å². The molecule has 0 amide bonds. The van der Waals surface area contributed by atoms with Crippen LogP contribution in [-0.4, -0.2) is 9.91 Å². The van der Waals surface area contributed by atoms with Crippen LogP contribution in [0, 0.1) is 17.0 Å². The number of hydrogen-bond acceptors (Lipinski definition) is 3. The van der Waals surface area contributed by atoms with Gasteiger partial charge in [0.2, 0.25) is 0 Å². The molecule has 0 saturated carbocycles. The largest absolute Gasteiger partial charge is 0.393 e. The first-order valence-corrected chi connectivity index (χ1v) is 4.44. The fraction of sp³-hybridized carbons (Fsp3) is 0.222. The normalized spacial score (nSPS) is 9.79. The molecule has 0 radical (unpaired) electrons. The number of rotatable bonds is 3. The van der Waals surface area contributed by atoms with Gasteiger partial charge in [-0.2, -0.15) is 0 Å². The van der Waals surface area contributed by atoms with Crippen molar-refractivity contribution in [3.63, 3.8) is 0 Å². The van der Waals surface area contributed by atoms with Crippen molar-refractivity contribution in [3.8, 4) is 0 Å². The van der Waals surface area contributed by atoms with Crippen LogP contribution in [0.15, 0.2) is 18.2 Å². The lowest BCUT2D eigenvalue weighted by Gasteiger charge is -2.03. The van der Waals surface area contributed by atoms with Gasteiger partial charge in [-0.15, -0.1) is 0 Å². The number of aryl methyl sites for hydroxylation is 1. The predicted octanol–water partition coefficient (Wildman–Crippen LogP) is 1.73. The summed E-state index contributed by atoms with van der Waals surface area (Å²) in [6, 6.07) is 5.13. The van der Waals surface area contributed by atoms with E-state index in [0.29, 0.717) is 11.1 Å². The Hall–Kier alpha value is -1.49. The first-order valence-electron chi connectivity index (χ1n) is 4.03. The lowest BCUT2D eigenvalue weighted by molar-refractivity contribution is -0.386. The van der Waals surface area contributed by atoms with Gasteiger partial charge in [0.05, 0.1) is 9.91 Å². The average Bonchev–Trinajstić information content (AvgIpc) is 2.01. The second kappa shape index (κ2) is 4.15. The molecular weight excluding hydrogens is 200 g/mol. The molecule has 0 bridgehead atoms. The summed E-state index contributed by atoms with van der Waals surface area (Å²) in [5.74, 6) is 0. The van der Waals surface area contributed by atoms with Crippen LogP contribution in [0.5, 0.6) is 0 Å². The number of nitrogens with zero attached hydrogens (tertiary/aromatic N) is 1. The van der Waals surface area contributed by atoms with E-state index < -0.39 is 4.92 Å². The first kappa shape index (κ1) is 10.6. The zero-order chi connectivity index (χ0) is 10.7. The van der Waals surface area contributed by atoms with E-state index in [1.165, 1.54) is 0 Å². The maximum absolute atomic E-state index is 10.7. The molecule has 0 unspecified atom stereocenters. The van der Waals surface area contributed by atoms with Gasteiger partial charge >= 0.3 is 0 Å². The van der Waals surface area contributed by atoms with E-state index in [-0.39, 0.29) is 17.1 Å². The third-order valence-electron chi connectivity index (χ3n) is 1.87. The van der Waals surface area contributed by atoms with Crippen molar-refractivity contribution >= 4 is 22.9 Å². The van der Waals surface area contributed by atoms with E-state index >= 15 is 0 Å². The van der Waals surface area contributed by atoms with Crippen molar-refractivity contribution in [2.24, 2.45) is 5.73 Å². The van der Waals surface area contributed by atoms with Crippen molar-refractivity contribution in [1.29, 1.82) is 0 Å². The molecule has 2 N–H and O–H groups in total. The molecule has 0 atom stereocenters. The molecule has 0 aromatic heterocycles. The maximum atomic E-state index is 10.7. The van der Waals surface area contributed by atoms with E-state index in [9.17, 15) is 10.1 Å². The Morgan fingerprint density at radius 1 is 1.64 bits per heavy atom. The molecule has 0 aliphatic carbocycles. The minimum absolute atomic E-state index is 0.111. The van der Waals surface area contributed by atoms with Gasteiger partial charge in [-0.3, -0.25) is 10.1 Å². The molecule has 5 heteroatoms. The number of nitro groups is 1. The highest BCUT2D eigenvalue weighted by Gasteiger charge is 2.16. The second-order valence-corrected chi connectivity index (χ2v) is 3.51. The Morgan fingerprint density at radius 2 is 2.29 bits per heavy atom. The van der Waals surface area contributed by atoms with Gasteiger partial charge in [-0.05, 0) is 6.92 Å². The summed E-state index contributed by atoms with van der Waals surface area (Å²) in [5, 5.41) is 10.7. The number of thiocarbonyl (C=S) groups is 1. The molecular formula is C9H10N2O2S. The van der Waals surface area contributed by atoms with E-state index in [4.69, 9.17) is 18.0 Å². The summed E-state index contributed by atoms with van der Waals surface area (Å²) < 4.78 is 0. The lowest BCUT2D eigenvalue weighted by atomic mass is 10.1.